The molecule has 0 aliphatic carbocycles. The van der Waals surface area contributed by atoms with Gasteiger partial charge in [0.2, 0.25) is 0 Å². The highest BCUT2D eigenvalue weighted by Crippen LogP contribution is 2.06. The Hall–Kier alpha value is -1.91. The lowest BCUT2D eigenvalue weighted by atomic mass is 10.3. The van der Waals surface area contributed by atoms with Crippen LogP contribution in [0.5, 0.6) is 0 Å². The fourth-order valence-corrected chi connectivity index (χ4v) is 2.07. The number of aromatic carboxylic acids is 1. The first-order valence-electron chi connectivity index (χ1n) is 5.06. The van der Waals surface area contributed by atoms with Crippen LogP contribution in [0.4, 0.5) is 0 Å². The van der Waals surface area contributed by atoms with Crippen LogP contribution in [0.1, 0.15) is 23.7 Å². The van der Waals surface area contributed by atoms with Crippen molar-refractivity contribution in [2.24, 2.45) is 0 Å². The Morgan fingerprint density at radius 1 is 1.50 bits per heavy atom. The molecule has 0 saturated heterocycles. The van der Waals surface area contributed by atoms with Crippen molar-refractivity contribution in [3.8, 4) is 11.8 Å². The minimum Gasteiger partial charge on any atom is -0.478 e. The predicted molar refractivity (Wildman–Crippen MR) is 64.5 cm³/mol. The maximum Gasteiger partial charge on any atom is 0.337 e. The number of aromatic nitrogens is 1. The molecule has 1 heterocycles. The summed E-state index contributed by atoms with van der Waals surface area (Å²) in [5, 5.41) is 8.45. The van der Waals surface area contributed by atoms with Crippen LogP contribution >= 0.6 is 0 Å². The Balaban J connectivity index is 2.78. The molecule has 0 aromatic carbocycles. The van der Waals surface area contributed by atoms with Gasteiger partial charge in [0.1, 0.15) is 0 Å². The fraction of sp³-hybridized carbons (Fsp3) is 0.273. The van der Waals surface area contributed by atoms with Crippen molar-refractivity contribution >= 4 is 16.0 Å². The molecule has 96 valence electrons. The number of nitrogens with zero attached hydrogens (tertiary/aromatic N) is 1. The van der Waals surface area contributed by atoms with E-state index >= 15 is 0 Å². The average Bonchev–Trinajstić information content (AvgIpc) is 2.35. The van der Waals surface area contributed by atoms with Crippen molar-refractivity contribution in [1.29, 1.82) is 0 Å². The molecule has 1 aromatic rings. The molecule has 7 heteroatoms. The Morgan fingerprint density at radius 3 is 2.72 bits per heavy atom. The Kier molecular flexibility index (Phi) is 4.83. The maximum atomic E-state index is 11.7. The smallest absolute Gasteiger partial charge is 0.337 e. The molecule has 0 fully saturated rings. The minimum atomic E-state index is -3.71. The molecule has 18 heavy (non-hydrogen) atoms. The predicted octanol–water partition coefficient (Wildman–Crippen LogP) is 0.472. The van der Waals surface area contributed by atoms with Crippen LogP contribution in [0.3, 0.4) is 0 Å². The quantitative estimate of drug-likeness (QED) is 0.598. The lowest BCUT2D eigenvalue weighted by molar-refractivity contribution is 0.0696. The fourth-order valence-electron chi connectivity index (χ4n) is 1.11. The number of hydrogen-bond acceptors (Lipinski definition) is 4. The molecular weight excluding hydrogens is 256 g/mol. The number of carboxylic acids is 1. The number of carbonyl (C=O) groups is 1. The Morgan fingerprint density at radius 2 is 2.22 bits per heavy atom. The van der Waals surface area contributed by atoms with Gasteiger partial charge in [0.25, 0.3) is 10.0 Å². The van der Waals surface area contributed by atoms with Crippen molar-refractivity contribution in [2.75, 3.05) is 6.54 Å². The Labute approximate surface area is 105 Å². The summed E-state index contributed by atoms with van der Waals surface area (Å²) >= 11 is 0. The SMILES string of the molecule is CC#CCCNS(=O)(=O)c1ccc(C(=O)O)cn1. The number of carboxylic acid groups (broad SMARTS) is 1. The number of nitrogens with one attached hydrogen (secondary N) is 1. The van der Waals surface area contributed by atoms with E-state index in [0.29, 0.717) is 6.42 Å². The first kappa shape index (κ1) is 14.2. The van der Waals surface area contributed by atoms with Gasteiger partial charge in [0, 0.05) is 19.2 Å². The lowest BCUT2D eigenvalue weighted by Gasteiger charge is -2.04. The molecule has 2 N–H and O–H groups in total. The zero-order valence-corrected chi connectivity index (χ0v) is 10.5. The summed E-state index contributed by atoms with van der Waals surface area (Å²) in [7, 11) is -3.71. The molecule has 0 radical (unpaired) electrons. The van der Waals surface area contributed by atoms with Gasteiger partial charge in [0.05, 0.1) is 5.56 Å². The van der Waals surface area contributed by atoms with Gasteiger partial charge in [0.15, 0.2) is 5.03 Å². The van der Waals surface area contributed by atoms with Crippen LogP contribution in [0.25, 0.3) is 0 Å². The second-order valence-corrected chi connectivity index (χ2v) is 4.98. The van der Waals surface area contributed by atoms with E-state index in [1.54, 1.807) is 6.92 Å². The molecule has 0 unspecified atom stereocenters. The van der Waals surface area contributed by atoms with Crippen LogP contribution in [0, 0.1) is 11.8 Å². The van der Waals surface area contributed by atoms with E-state index in [1.807, 2.05) is 0 Å². The van der Waals surface area contributed by atoms with Crippen LogP contribution in [-0.4, -0.2) is 31.0 Å². The first-order valence-corrected chi connectivity index (χ1v) is 6.54. The van der Waals surface area contributed by atoms with Crippen molar-refractivity contribution in [3.05, 3.63) is 23.9 Å². The van der Waals surface area contributed by atoms with Gasteiger partial charge in [-0.25, -0.2) is 22.9 Å². The minimum absolute atomic E-state index is 0.0641. The van der Waals surface area contributed by atoms with E-state index in [2.05, 4.69) is 21.5 Å². The number of pyridine rings is 1. The molecule has 1 rings (SSSR count). The molecule has 0 saturated carbocycles. The van der Waals surface area contributed by atoms with Gasteiger partial charge in [-0.1, -0.05) is 0 Å². The summed E-state index contributed by atoms with van der Waals surface area (Å²) in [6.45, 7) is 1.85. The van der Waals surface area contributed by atoms with E-state index in [4.69, 9.17) is 5.11 Å². The lowest BCUT2D eigenvalue weighted by Crippen LogP contribution is -2.25. The highest BCUT2D eigenvalue weighted by atomic mass is 32.2. The van der Waals surface area contributed by atoms with Gasteiger partial charge in [-0.05, 0) is 19.1 Å². The average molecular weight is 268 g/mol. The van der Waals surface area contributed by atoms with Crippen LogP contribution in [0.2, 0.25) is 0 Å². The zero-order valence-electron chi connectivity index (χ0n) is 9.67. The molecule has 6 nitrogen and oxygen atoms in total. The number of sulfonamides is 1. The summed E-state index contributed by atoms with van der Waals surface area (Å²) in [5.74, 6) is 4.21. The monoisotopic (exact) mass is 268 g/mol. The van der Waals surface area contributed by atoms with Crippen molar-refractivity contribution in [3.63, 3.8) is 0 Å². The molecule has 1 aromatic heterocycles. The van der Waals surface area contributed by atoms with Crippen LogP contribution in [0.15, 0.2) is 23.4 Å². The molecule has 0 aliphatic heterocycles. The van der Waals surface area contributed by atoms with Gasteiger partial charge < -0.3 is 5.11 Å². The van der Waals surface area contributed by atoms with E-state index < -0.39 is 16.0 Å². The summed E-state index contributed by atoms with van der Waals surface area (Å²) < 4.78 is 25.7. The van der Waals surface area contributed by atoms with Crippen molar-refractivity contribution < 1.29 is 18.3 Å². The normalized spacial score (nSPS) is 10.5. The topological polar surface area (TPSA) is 96.4 Å². The van der Waals surface area contributed by atoms with E-state index in [9.17, 15) is 13.2 Å². The number of rotatable bonds is 5. The zero-order chi connectivity index (χ0) is 13.6. The summed E-state index contributed by atoms with van der Waals surface area (Å²) in [4.78, 5) is 14.2. The molecule has 0 spiro atoms. The Bertz CT molecular complexity index is 582. The summed E-state index contributed by atoms with van der Waals surface area (Å²) in [6, 6.07) is 2.34. The summed E-state index contributed by atoms with van der Waals surface area (Å²) in [6.07, 6.45) is 1.41. The molecule has 0 amide bonds. The highest BCUT2D eigenvalue weighted by Gasteiger charge is 2.15. The largest absolute Gasteiger partial charge is 0.478 e. The molecule has 0 aliphatic rings. The third kappa shape index (κ3) is 3.84. The maximum absolute atomic E-state index is 11.7. The van der Waals surface area contributed by atoms with Gasteiger partial charge >= 0.3 is 5.97 Å². The molecular formula is C11H12N2O4S. The second kappa shape index (κ2) is 6.14. The summed E-state index contributed by atoms with van der Waals surface area (Å²) in [5.41, 5.74) is -0.0641. The van der Waals surface area contributed by atoms with Crippen molar-refractivity contribution in [1.82, 2.24) is 9.71 Å². The molecule has 0 bridgehead atoms. The van der Waals surface area contributed by atoms with Gasteiger partial charge in [-0.15, -0.1) is 11.8 Å². The van der Waals surface area contributed by atoms with E-state index in [0.717, 1.165) is 12.3 Å². The third-order valence-corrected chi connectivity index (χ3v) is 3.35. The van der Waals surface area contributed by atoms with Gasteiger partial charge in [-0.3, -0.25) is 0 Å². The van der Waals surface area contributed by atoms with E-state index in [-0.39, 0.29) is 17.1 Å². The highest BCUT2D eigenvalue weighted by molar-refractivity contribution is 7.89. The first-order chi connectivity index (χ1) is 8.47. The van der Waals surface area contributed by atoms with Gasteiger partial charge in [-0.2, -0.15) is 0 Å². The third-order valence-electron chi connectivity index (χ3n) is 1.98. The van der Waals surface area contributed by atoms with Crippen molar-refractivity contribution in [2.45, 2.75) is 18.4 Å². The molecule has 0 atom stereocenters. The van der Waals surface area contributed by atoms with E-state index in [1.165, 1.54) is 6.07 Å². The number of hydrogen-bond donors (Lipinski definition) is 2. The van der Waals surface area contributed by atoms with Crippen LogP contribution < -0.4 is 4.72 Å². The van der Waals surface area contributed by atoms with Crippen LogP contribution in [-0.2, 0) is 10.0 Å². The second-order valence-electron chi connectivity index (χ2n) is 3.26. The standard InChI is InChI=1S/C11H12N2O4S/c1-2-3-4-7-13-18(16,17)10-6-5-9(8-12-10)11(14)15/h5-6,8,13H,4,7H2,1H3,(H,14,15).